The van der Waals surface area contributed by atoms with Crippen molar-refractivity contribution in [3.63, 3.8) is 0 Å². The SMILES string of the molecule is CCC(Oc1ccc(-c2ccc(S(C)(=O)=O)cc2)nc1)C1CCN(C(=O)OCc2ccccc2)CC1. The molecule has 0 radical (unpaired) electrons. The number of piperidine rings is 1. The summed E-state index contributed by atoms with van der Waals surface area (Å²) in [5.41, 5.74) is 2.57. The van der Waals surface area contributed by atoms with Gasteiger partial charge in [-0.1, -0.05) is 49.4 Å². The lowest BCUT2D eigenvalue weighted by Crippen LogP contribution is -2.42. The first-order chi connectivity index (χ1) is 17.3. The first-order valence-electron chi connectivity index (χ1n) is 12.2. The molecule has 0 aliphatic carbocycles. The van der Waals surface area contributed by atoms with Gasteiger partial charge in [0.1, 0.15) is 18.5 Å². The largest absolute Gasteiger partial charge is 0.489 e. The first kappa shape index (κ1) is 25.7. The summed E-state index contributed by atoms with van der Waals surface area (Å²) in [5.74, 6) is 1.04. The minimum Gasteiger partial charge on any atom is -0.489 e. The molecule has 0 spiro atoms. The second kappa shape index (κ2) is 11.6. The summed E-state index contributed by atoms with van der Waals surface area (Å²) in [5, 5.41) is 0. The molecule has 36 heavy (non-hydrogen) atoms. The fraction of sp³-hybridized carbons (Fsp3) is 0.357. The van der Waals surface area contributed by atoms with Crippen molar-refractivity contribution in [2.75, 3.05) is 19.3 Å². The molecule has 8 heteroatoms. The van der Waals surface area contributed by atoms with E-state index in [0.29, 0.717) is 24.8 Å². The summed E-state index contributed by atoms with van der Waals surface area (Å²) in [4.78, 5) is 19.0. The Balaban J connectivity index is 1.29. The van der Waals surface area contributed by atoms with Gasteiger partial charge in [0.25, 0.3) is 0 Å². The minimum absolute atomic E-state index is 0.0363. The zero-order chi connectivity index (χ0) is 25.5. The molecule has 1 aliphatic rings. The number of carbonyl (C=O) groups is 1. The van der Waals surface area contributed by atoms with Gasteiger partial charge in [-0.2, -0.15) is 0 Å². The number of rotatable bonds is 8. The van der Waals surface area contributed by atoms with E-state index < -0.39 is 9.84 Å². The van der Waals surface area contributed by atoms with Crippen LogP contribution in [0.5, 0.6) is 5.75 Å². The summed E-state index contributed by atoms with van der Waals surface area (Å²) < 4.78 is 35.1. The molecular weight excluding hydrogens is 476 g/mol. The van der Waals surface area contributed by atoms with Gasteiger partial charge in [-0.3, -0.25) is 4.98 Å². The van der Waals surface area contributed by atoms with Gasteiger partial charge in [-0.25, -0.2) is 13.2 Å². The maximum atomic E-state index is 12.5. The van der Waals surface area contributed by atoms with Crippen LogP contribution in [0, 0.1) is 5.92 Å². The predicted molar refractivity (Wildman–Crippen MR) is 138 cm³/mol. The summed E-state index contributed by atoms with van der Waals surface area (Å²) in [6.07, 6.45) is 5.24. The number of sulfone groups is 1. The van der Waals surface area contributed by atoms with Gasteiger partial charge in [0.05, 0.1) is 16.8 Å². The fourth-order valence-electron chi connectivity index (χ4n) is 4.45. The van der Waals surface area contributed by atoms with Crippen LogP contribution in [0.15, 0.2) is 77.8 Å². The van der Waals surface area contributed by atoms with Crippen molar-refractivity contribution in [3.8, 4) is 17.0 Å². The molecule has 4 rings (SSSR count). The van der Waals surface area contributed by atoms with Crippen LogP contribution in [0.25, 0.3) is 11.3 Å². The number of hydrogen-bond donors (Lipinski definition) is 0. The van der Waals surface area contributed by atoms with Crippen molar-refractivity contribution in [1.29, 1.82) is 0 Å². The average molecular weight is 509 g/mol. The Morgan fingerprint density at radius 1 is 1.03 bits per heavy atom. The second-order valence-electron chi connectivity index (χ2n) is 9.10. The van der Waals surface area contributed by atoms with Crippen molar-refractivity contribution in [2.45, 2.75) is 43.8 Å². The van der Waals surface area contributed by atoms with E-state index in [1.54, 1.807) is 35.4 Å². The second-order valence-corrected chi connectivity index (χ2v) is 11.1. The summed E-state index contributed by atoms with van der Waals surface area (Å²) in [6.45, 7) is 3.69. The minimum atomic E-state index is -3.23. The number of carbonyl (C=O) groups excluding carboxylic acids is 1. The third-order valence-electron chi connectivity index (χ3n) is 6.53. The van der Waals surface area contributed by atoms with E-state index in [1.165, 1.54) is 6.26 Å². The van der Waals surface area contributed by atoms with E-state index in [-0.39, 0.29) is 23.7 Å². The first-order valence-corrected chi connectivity index (χ1v) is 14.1. The molecule has 1 aromatic heterocycles. The lowest BCUT2D eigenvalue weighted by atomic mass is 9.90. The highest BCUT2D eigenvalue weighted by atomic mass is 32.2. The topological polar surface area (TPSA) is 85.8 Å². The molecule has 1 aliphatic heterocycles. The number of ether oxygens (including phenoxy) is 2. The number of aromatic nitrogens is 1. The number of likely N-dealkylation sites (tertiary alicyclic amines) is 1. The van der Waals surface area contributed by atoms with E-state index in [2.05, 4.69) is 11.9 Å². The molecule has 0 saturated carbocycles. The number of amides is 1. The smallest absolute Gasteiger partial charge is 0.410 e. The third kappa shape index (κ3) is 6.63. The Hall–Kier alpha value is -3.39. The highest BCUT2D eigenvalue weighted by molar-refractivity contribution is 7.90. The van der Waals surface area contributed by atoms with E-state index in [9.17, 15) is 13.2 Å². The lowest BCUT2D eigenvalue weighted by molar-refractivity contribution is 0.0540. The van der Waals surface area contributed by atoms with Gasteiger partial charge in [0.15, 0.2) is 9.84 Å². The van der Waals surface area contributed by atoms with Gasteiger partial charge in [-0.05, 0) is 55.0 Å². The van der Waals surface area contributed by atoms with Crippen LogP contribution in [-0.4, -0.2) is 49.8 Å². The monoisotopic (exact) mass is 508 g/mol. The Bertz CT molecular complexity index is 1240. The molecule has 2 heterocycles. The molecule has 1 amide bonds. The molecular formula is C28H32N2O5S. The zero-order valence-electron chi connectivity index (χ0n) is 20.7. The van der Waals surface area contributed by atoms with E-state index in [4.69, 9.17) is 9.47 Å². The highest BCUT2D eigenvalue weighted by Gasteiger charge is 2.29. The van der Waals surface area contributed by atoms with Gasteiger partial charge in [0, 0.05) is 24.9 Å². The van der Waals surface area contributed by atoms with Crippen molar-refractivity contribution in [1.82, 2.24) is 9.88 Å². The van der Waals surface area contributed by atoms with Crippen LogP contribution in [0.3, 0.4) is 0 Å². The Morgan fingerprint density at radius 3 is 2.31 bits per heavy atom. The van der Waals surface area contributed by atoms with Crippen LogP contribution >= 0.6 is 0 Å². The fourth-order valence-corrected chi connectivity index (χ4v) is 5.08. The normalized spacial score (nSPS) is 15.3. The zero-order valence-corrected chi connectivity index (χ0v) is 21.5. The van der Waals surface area contributed by atoms with Gasteiger partial charge >= 0.3 is 6.09 Å². The summed E-state index contributed by atoms with van der Waals surface area (Å²) >= 11 is 0. The maximum Gasteiger partial charge on any atom is 0.410 e. The van der Waals surface area contributed by atoms with Gasteiger partial charge < -0.3 is 14.4 Å². The lowest BCUT2D eigenvalue weighted by Gasteiger charge is -2.35. The molecule has 1 saturated heterocycles. The average Bonchev–Trinajstić information content (AvgIpc) is 2.91. The van der Waals surface area contributed by atoms with Crippen LogP contribution in [-0.2, 0) is 21.2 Å². The maximum absolute atomic E-state index is 12.5. The van der Waals surface area contributed by atoms with Crippen molar-refractivity contribution >= 4 is 15.9 Å². The van der Waals surface area contributed by atoms with E-state index in [0.717, 1.165) is 36.1 Å². The molecule has 190 valence electrons. The number of hydrogen-bond acceptors (Lipinski definition) is 6. The van der Waals surface area contributed by atoms with Crippen molar-refractivity contribution in [3.05, 3.63) is 78.5 Å². The number of nitrogens with zero attached hydrogens (tertiary/aromatic N) is 2. The van der Waals surface area contributed by atoms with Gasteiger partial charge in [-0.15, -0.1) is 0 Å². The van der Waals surface area contributed by atoms with Crippen LogP contribution in [0.4, 0.5) is 4.79 Å². The van der Waals surface area contributed by atoms with Crippen molar-refractivity contribution in [2.24, 2.45) is 5.92 Å². The highest BCUT2D eigenvalue weighted by Crippen LogP contribution is 2.28. The molecule has 7 nitrogen and oxygen atoms in total. The third-order valence-corrected chi connectivity index (χ3v) is 7.66. The predicted octanol–water partition coefficient (Wildman–Crippen LogP) is 5.36. The molecule has 1 fully saturated rings. The Kier molecular flexibility index (Phi) is 8.25. The summed E-state index contributed by atoms with van der Waals surface area (Å²) in [6, 6.07) is 20.2. The standard InChI is InChI=1S/C28H32N2O5S/c1-3-27(23-15-17-30(18-16-23)28(31)34-20-21-7-5-4-6-8-21)35-24-11-14-26(29-19-24)22-9-12-25(13-10-22)36(2,32)33/h4-14,19,23,27H,3,15-18,20H2,1-2H3. The van der Waals surface area contributed by atoms with Crippen LogP contribution in [0.2, 0.25) is 0 Å². The quantitative estimate of drug-likeness (QED) is 0.407. The van der Waals surface area contributed by atoms with E-state index in [1.807, 2.05) is 42.5 Å². The molecule has 3 aromatic rings. The van der Waals surface area contributed by atoms with Crippen molar-refractivity contribution < 1.29 is 22.7 Å². The molecule has 0 bridgehead atoms. The molecule has 2 aromatic carbocycles. The summed E-state index contributed by atoms with van der Waals surface area (Å²) in [7, 11) is -3.23. The molecule has 1 atom stereocenters. The molecule has 0 N–H and O–H groups in total. The Morgan fingerprint density at radius 2 is 1.72 bits per heavy atom. The number of benzene rings is 2. The van der Waals surface area contributed by atoms with Gasteiger partial charge in [0.2, 0.25) is 0 Å². The van der Waals surface area contributed by atoms with E-state index >= 15 is 0 Å². The number of pyridine rings is 1. The van der Waals surface area contributed by atoms with Crippen LogP contribution < -0.4 is 4.74 Å². The Labute approximate surface area is 213 Å². The van der Waals surface area contributed by atoms with Crippen LogP contribution in [0.1, 0.15) is 31.7 Å². The molecule has 1 unspecified atom stereocenters.